The molecular formula is C26H27N3O5S. The number of hydrogen-bond donors (Lipinski definition) is 3. The molecule has 8 nitrogen and oxygen atoms in total. The van der Waals surface area contributed by atoms with Crippen molar-refractivity contribution in [2.75, 3.05) is 11.9 Å². The van der Waals surface area contributed by atoms with Gasteiger partial charge in [0, 0.05) is 12.0 Å². The summed E-state index contributed by atoms with van der Waals surface area (Å²) >= 11 is 1.01. The SMILES string of the molecule is CCCC[C@@H](CC(=O)O)NC(=O)c1cnc(NC(=O)OCC2c3ccccc3-c3ccccc32)s1. The highest BCUT2D eigenvalue weighted by atomic mass is 32.1. The monoisotopic (exact) mass is 493 g/mol. The van der Waals surface area contributed by atoms with Gasteiger partial charge in [-0.15, -0.1) is 0 Å². The van der Waals surface area contributed by atoms with E-state index in [9.17, 15) is 14.4 Å². The van der Waals surface area contributed by atoms with Crippen molar-refractivity contribution in [2.45, 2.75) is 44.6 Å². The molecule has 1 heterocycles. The second-order valence-corrected chi connectivity index (χ2v) is 9.42. The number of rotatable bonds is 10. The molecule has 0 fully saturated rings. The summed E-state index contributed by atoms with van der Waals surface area (Å²) in [5.41, 5.74) is 4.53. The number of ether oxygens (including phenoxy) is 1. The highest BCUT2D eigenvalue weighted by molar-refractivity contribution is 7.17. The summed E-state index contributed by atoms with van der Waals surface area (Å²) in [6.45, 7) is 2.18. The number of amides is 2. The zero-order valence-electron chi connectivity index (χ0n) is 19.3. The number of benzene rings is 2. The fraction of sp³-hybridized carbons (Fsp3) is 0.308. The Morgan fingerprint density at radius 2 is 1.74 bits per heavy atom. The Morgan fingerprint density at radius 1 is 1.09 bits per heavy atom. The van der Waals surface area contributed by atoms with Crippen LogP contribution in [-0.2, 0) is 9.53 Å². The van der Waals surface area contributed by atoms with Crippen molar-refractivity contribution in [3.8, 4) is 11.1 Å². The van der Waals surface area contributed by atoms with Crippen molar-refractivity contribution >= 4 is 34.4 Å². The Kier molecular flexibility index (Phi) is 7.77. The van der Waals surface area contributed by atoms with Crippen LogP contribution in [0.2, 0.25) is 0 Å². The van der Waals surface area contributed by atoms with Crippen LogP contribution < -0.4 is 10.6 Å². The normalized spacial score (nSPS) is 12.9. The maximum absolute atomic E-state index is 12.6. The first kappa shape index (κ1) is 24.4. The number of anilines is 1. The van der Waals surface area contributed by atoms with Crippen LogP contribution in [-0.4, -0.2) is 40.7 Å². The van der Waals surface area contributed by atoms with Crippen LogP contribution in [0.5, 0.6) is 0 Å². The molecule has 0 aliphatic heterocycles. The number of carboxylic acid groups (broad SMARTS) is 1. The number of nitrogens with one attached hydrogen (secondary N) is 2. The lowest BCUT2D eigenvalue weighted by Crippen LogP contribution is -2.36. The molecule has 0 unspecified atom stereocenters. The lowest BCUT2D eigenvalue weighted by molar-refractivity contribution is -0.137. The van der Waals surface area contributed by atoms with Crippen molar-refractivity contribution < 1.29 is 24.2 Å². The molecule has 1 aliphatic rings. The Bertz CT molecular complexity index is 1180. The molecule has 0 saturated carbocycles. The van der Waals surface area contributed by atoms with Gasteiger partial charge in [-0.25, -0.2) is 9.78 Å². The molecule has 2 amide bonds. The molecule has 1 aromatic heterocycles. The van der Waals surface area contributed by atoms with Crippen LogP contribution in [0.4, 0.5) is 9.93 Å². The molecule has 0 radical (unpaired) electrons. The van der Waals surface area contributed by atoms with Gasteiger partial charge in [0.15, 0.2) is 5.13 Å². The van der Waals surface area contributed by atoms with Crippen LogP contribution in [0.15, 0.2) is 54.7 Å². The van der Waals surface area contributed by atoms with E-state index in [0.29, 0.717) is 6.42 Å². The standard InChI is InChI=1S/C26H27N3O5S/c1-2-3-8-16(13-23(30)31)28-24(32)22-14-27-25(35-22)29-26(33)34-15-21-19-11-6-4-9-17(19)18-10-5-7-12-20(18)21/h4-7,9-12,14,16,21H,2-3,8,13,15H2,1H3,(H,28,32)(H,30,31)(H,27,29,33)/t16-/m0/s1. The highest BCUT2D eigenvalue weighted by Crippen LogP contribution is 2.44. The fourth-order valence-electron chi connectivity index (χ4n) is 4.30. The van der Waals surface area contributed by atoms with Gasteiger partial charge in [-0.2, -0.15) is 0 Å². The molecule has 4 rings (SSSR count). The molecule has 0 saturated heterocycles. The minimum atomic E-state index is -0.965. The van der Waals surface area contributed by atoms with Gasteiger partial charge in [0.2, 0.25) is 0 Å². The summed E-state index contributed by atoms with van der Waals surface area (Å²) < 4.78 is 5.52. The van der Waals surface area contributed by atoms with Gasteiger partial charge in [0.25, 0.3) is 5.91 Å². The smallest absolute Gasteiger partial charge is 0.413 e. The van der Waals surface area contributed by atoms with E-state index in [4.69, 9.17) is 9.84 Å². The Morgan fingerprint density at radius 3 is 2.37 bits per heavy atom. The third-order valence-electron chi connectivity index (χ3n) is 5.94. The third-order valence-corrected chi connectivity index (χ3v) is 6.86. The van der Waals surface area contributed by atoms with Gasteiger partial charge in [0.1, 0.15) is 11.5 Å². The minimum Gasteiger partial charge on any atom is -0.481 e. The summed E-state index contributed by atoms with van der Waals surface area (Å²) in [7, 11) is 0. The fourth-order valence-corrected chi connectivity index (χ4v) is 5.01. The van der Waals surface area contributed by atoms with Crippen molar-refractivity contribution in [1.82, 2.24) is 10.3 Å². The maximum Gasteiger partial charge on any atom is 0.413 e. The Hall–Kier alpha value is -3.72. The van der Waals surface area contributed by atoms with Crippen molar-refractivity contribution in [1.29, 1.82) is 0 Å². The number of carbonyl (C=O) groups is 3. The first-order chi connectivity index (χ1) is 17.0. The van der Waals surface area contributed by atoms with Crippen LogP contribution in [0.1, 0.15) is 59.3 Å². The molecular weight excluding hydrogens is 466 g/mol. The lowest BCUT2D eigenvalue weighted by atomic mass is 9.98. The summed E-state index contributed by atoms with van der Waals surface area (Å²) in [5, 5.41) is 14.7. The number of hydrogen-bond acceptors (Lipinski definition) is 6. The van der Waals surface area contributed by atoms with E-state index >= 15 is 0 Å². The first-order valence-electron chi connectivity index (χ1n) is 11.6. The molecule has 35 heavy (non-hydrogen) atoms. The predicted molar refractivity (Wildman–Crippen MR) is 134 cm³/mol. The molecule has 1 atom stereocenters. The van der Waals surface area contributed by atoms with Crippen LogP contribution in [0.3, 0.4) is 0 Å². The van der Waals surface area contributed by atoms with E-state index in [1.165, 1.54) is 6.20 Å². The number of carboxylic acids is 1. The van der Waals surface area contributed by atoms with E-state index in [2.05, 4.69) is 27.8 Å². The minimum absolute atomic E-state index is 0.0555. The van der Waals surface area contributed by atoms with Crippen molar-refractivity contribution in [3.05, 3.63) is 70.7 Å². The third kappa shape index (κ3) is 5.86. The molecule has 0 bridgehead atoms. The largest absolute Gasteiger partial charge is 0.481 e. The van der Waals surface area contributed by atoms with Crippen LogP contribution >= 0.6 is 11.3 Å². The lowest BCUT2D eigenvalue weighted by Gasteiger charge is -2.15. The van der Waals surface area contributed by atoms with E-state index < -0.39 is 24.0 Å². The van der Waals surface area contributed by atoms with Gasteiger partial charge >= 0.3 is 12.1 Å². The van der Waals surface area contributed by atoms with E-state index in [1.807, 2.05) is 43.3 Å². The average Bonchev–Trinajstić information content (AvgIpc) is 3.43. The highest BCUT2D eigenvalue weighted by Gasteiger charge is 2.29. The molecule has 2 aromatic carbocycles. The molecule has 1 aliphatic carbocycles. The second-order valence-electron chi connectivity index (χ2n) is 8.39. The van der Waals surface area contributed by atoms with E-state index in [0.717, 1.165) is 46.4 Å². The van der Waals surface area contributed by atoms with E-state index in [1.54, 1.807) is 0 Å². The number of aliphatic carboxylic acids is 1. The second kappa shape index (κ2) is 11.1. The summed E-state index contributed by atoms with van der Waals surface area (Å²) in [4.78, 5) is 40.5. The van der Waals surface area contributed by atoms with E-state index in [-0.39, 0.29) is 29.0 Å². The summed E-state index contributed by atoms with van der Waals surface area (Å²) in [5.74, 6) is -1.43. The topological polar surface area (TPSA) is 118 Å². The van der Waals surface area contributed by atoms with Gasteiger partial charge < -0.3 is 15.2 Å². The van der Waals surface area contributed by atoms with Gasteiger partial charge in [0.05, 0.1) is 12.6 Å². The molecule has 3 N–H and O–H groups in total. The molecule has 0 spiro atoms. The number of fused-ring (bicyclic) bond motifs is 3. The maximum atomic E-state index is 12.6. The summed E-state index contributed by atoms with van der Waals surface area (Å²) in [6, 6.07) is 15.7. The Balaban J connectivity index is 1.34. The molecule has 3 aromatic rings. The summed E-state index contributed by atoms with van der Waals surface area (Å²) in [6.07, 6.45) is 2.86. The number of carbonyl (C=O) groups excluding carboxylic acids is 2. The van der Waals surface area contributed by atoms with Gasteiger partial charge in [-0.05, 0) is 28.7 Å². The van der Waals surface area contributed by atoms with Gasteiger partial charge in [-0.3, -0.25) is 14.9 Å². The molecule has 182 valence electrons. The Labute approximate surface area is 207 Å². The zero-order chi connectivity index (χ0) is 24.8. The van der Waals surface area contributed by atoms with Crippen molar-refractivity contribution in [3.63, 3.8) is 0 Å². The van der Waals surface area contributed by atoms with Crippen LogP contribution in [0, 0.1) is 0 Å². The zero-order valence-corrected chi connectivity index (χ0v) is 20.1. The number of nitrogens with zero attached hydrogens (tertiary/aromatic N) is 1. The first-order valence-corrected chi connectivity index (χ1v) is 12.4. The quantitative estimate of drug-likeness (QED) is 0.354. The van der Waals surface area contributed by atoms with Crippen LogP contribution in [0.25, 0.3) is 11.1 Å². The molecule has 9 heteroatoms. The number of aromatic nitrogens is 1. The van der Waals surface area contributed by atoms with Crippen molar-refractivity contribution in [2.24, 2.45) is 0 Å². The van der Waals surface area contributed by atoms with Gasteiger partial charge in [-0.1, -0.05) is 79.6 Å². The average molecular weight is 494 g/mol. The number of unbranched alkanes of at least 4 members (excludes halogenated alkanes) is 1. The number of thiazole rings is 1. The predicted octanol–water partition coefficient (Wildman–Crippen LogP) is 5.27.